The monoisotopic (exact) mass is 305 g/mol. The van der Waals surface area contributed by atoms with Crippen LogP contribution in [0.15, 0.2) is 16.2 Å². The van der Waals surface area contributed by atoms with E-state index in [2.05, 4.69) is 51.6 Å². The summed E-state index contributed by atoms with van der Waals surface area (Å²) in [5.74, 6) is 1.62. The van der Waals surface area contributed by atoms with Crippen LogP contribution in [0.4, 0.5) is 5.82 Å². The predicted molar refractivity (Wildman–Crippen MR) is 80.5 cm³/mol. The zero-order valence-electron chi connectivity index (χ0n) is 12.7. The summed E-state index contributed by atoms with van der Waals surface area (Å²) >= 11 is 1.48. The molecule has 3 rings (SSSR count). The minimum absolute atomic E-state index is 0.107. The topological polar surface area (TPSA) is 81.4 Å². The van der Waals surface area contributed by atoms with Crippen LogP contribution in [0, 0.1) is 0 Å². The molecule has 0 aromatic carbocycles. The van der Waals surface area contributed by atoms with Crippen molar-refractivity contribution in [2.75, 3.05) is 12.4 Å². The van der Waals surface area contributed by atoms with Crippen molar-refractivity contribution in [2.24, 2.45) is 0 Å². The lowest BCUT2D eigenvalue weighted by molar-refractivity contribution is 0.538. The van der Waals surface area contributed by atoms with E-state index in [0.29, 0.717) is 6.04 Å². The number of aromatic nitrogens is 6. The van der Waals surface area contributed by atoms with Gasteiger partial charge in [-0.2, -0.15) is 0 Å². The Morgan fingerprint density at radius 3 is 2.67 bits per heavy atom. The molecule has 0 unspecified atom stereocenters. The molecule has 1 aliphatic carbocycles. The van der Waals surface area contributed by atoms with Gasteiger partial charge in [0.25, 0.3) is 0 Å². The van der Waals surface area contributed by atoms with E-state index in [9.17, 15) is 0 Å². The Balaban J connectivity index is 1.92. The molecule has 1 aliphatic rings. The Bertz CT molecular complexity index is 642. The molecule has 0 atom stereocenters. The maximum atomic E-state index is 4.65. The molecule has 0 aliphatic heterocycles. The van der Waals surface area contributed by atoms with Crippen LogP contribution in [0.3, 0.4) is 0 Å². The van der Waals surface area contributed by atoms with Gasteiger partial charge < -0.3 is 5.32 Å². The molecule has 0 bridgehead atoms. The summed E-state index contributed by atoms with van der Waals surface area (Å²) < 4.78 is 1.89. The van der Waals surface area contributed by atoms with Gasteiger partial charge in [-0.1, -0.05) is 20.8 Å². The molecule has 1 saturated carbocycles. The van der Waals surface area contributed by atoms with Crippen LogP contribution in [0.2, 0.25) is 0 Å². The Hall–Kier alpha value is -1.70. The van der Waals surface area contributed by atoms with Gasteiger partial charge in [-0.05, 0) is 35.0 Å². The van der Waals surface area contributed by atoms with Crippen LogP contribution >= 0.6 is 11.8 Å². The van der Waals surface area contributed by atoms with Gasteiger partial charge >= 0.3 is 0 Å². The molecular formula is C13H19N7S. The molecular weight excluding hydrogens is 286 g/mol. The first-order valence-corrected chi connectivity index (χ1v) is 7.82. The van der Waals surface area contributed by atoms with Crippen LogP contribution in [0.1, 0.15) is 45.5 Å². The molecule has 0 radical (unpaired) electrons. The summed E-state index contributed by atoms with van der Waals surface area (Å²) in [4.78, 5) is 9.18. The molecule has 1 fully saturated rings. The van der Waals surface area contributed by atoms with Crippen molar-refractivity contribution >= 4 is 17.6 Å². The fourth-order valence-electron chi connectivity index (χ4n) is 1.84. The van der Waals surface area contributed by atoms with E-state index in [-0.39, 0.29) is 5.41 Å². The first-order valence-electron chi connectivity index (χ1n) is 7.00. The number of hydrogen-bond acceptors (Lipinski definition) is 7. The molecule has 2 aromatic heterocycles. The van der Waals surface area contributed by atoms with Crippen molar-refractivity contribution in [1.29, 1.82) is 0 Å². The van der Waals surface area contributed by atoms with Crippen LogP contribution in [-0.4, -0.2) is 37.2 Å². The van der Waals surface area contributed by atoms with Gasteiger partial charge in [-0.25, -0.2) is 14.6 Å². The normalized spacial score (nSPS) is 15.2. The summed E-state index contributed by atoms with van der Waals surface area (Å²) in [6, 6.07) is 2.38. The third-order valence-corrected chi connectivity index (χ3v) is 4.05. The van der Waals surface area contributed by atoms with Gasteiger partial charge in [0.2, 0.25) is 5.16 Å². The highest BCUT2D eigenvalue weighted by Crippen LogP contribution is 2.38. The second-order valence-electron chi connectivity index (χ2n) is 6.15. The van der Waals surface area contributed by atoms with Crippen LogP contribution in [0.5, 0.6) is 0 Å². The lowest BCUT2D eigenvalue weighted by Gasteiger charge is -2.18. The standard InChI is InChI=1S/C13H19N7S/c1-13(2,3)11-15-9(14-4)7-10(16-11)21-12-17-18-19-20(12)8-5-6-8/h7-8H,5-6H2,1-4H3,(H,14,15,16). The quantitative estimate of drug-likeness (QED) is 0.868. The Kier molecular flexibility index (Phi) is 3.56. The lowest BCUT2D eigenvalue weighted by Crippen LogP contribution is -2.17. The molecule has 0 spiro atoms. The highest BCUT2D eigenvalue weighted by molar-refractivity contribution is 7.99. The van der Waals surface area contributed by atoms with Gasteiger partial charge in [0.15, 0.2) is 0 Å². The number of nitrogens with zero attached hydrogens (tertiary/aromatic N) is 6. The smallest absolute Gasteiger partial charge is 0.215 e. The number of nitrogens with one attached hydrogen (secondary N) is 1. The first-order chi connectivity index (χ1) is 9.97. The molecule has 1 N–H and O–H groups in total. The predicted octanol–water partition coefficient (Wildman–Crippen LogP) is 2.29. The van der Waals surface area contributed by atoms with E-state index >= 15 is 0 Å². The lowest BCUT2D eigenvalue weighted by atomic mass is 9.96. The molecule has 112 valence electrons. The van der Waals surface area contributed by atoms with E-state index in [1.165, 1.54) is 11.8 Å². The minimum Gasteiger partial charge on any atom is -0.373 e. The van der Waals surface area contributed by atoms with E-state index in [0.717, 1.165) is 34.7 Å². The van der Waals surface area contributed by atoms with Crippen molar-refractivity contribution in [2.45, 2.75) is 55.3 Å². The SMILES string of the molecule is CNc1cc(Sc2nnnn2C2CC2)nc(C(C)(C)C)n1. The maximum absolute atomic E-state index is 4.65. The minimum atomic E-state index is -0.107. The van der Waals surface area contributed by atoms with Crippen molar-refractivity contribution in [1.82, 2.24) is 30.2 Å². The summed E-state index contributed by atoms with van der Waals surface area (Å²) in [5, 5.41) is 16.7. The zero-order valence-corrected chi connectivity index (χ0v) is 13.5. The van der Waals surface area contributed by atoms with Gasteiger partial charge in [0, 0.05) is 18.5 Å². The molecule has 0 amide bonds. The maximum Gasteiger partial charge on any atom is 0.215 e. The first kappa shape index (κ1) is 14.2. The third-order valence-electron chi connectivity index (χ3n) is 3.18. The Morgan fingerprint density at radius 1 is 1.29 bits per heavy atom. The largest absolute Gasteiger partial charge is 0.373 e. The van der Waals surface area contributed by atoms with E-state index in [4.69, 9.17) is 0 Å². The van der Waals surface area contributed by atoms with Crippen molar-refractivity contribution < 1.29 is 0 Å². The number of hydrogen-bond donors (Lipinski definition) is 1. The highest BCUT2D eigenvalue weighted by atomic mass is 32.2. The molecule has 8 heteroatoms. The number of tetrazole rings is 1. The average Bonchev–Trinajstić information content (AvgIpc) is 3.18. The van der Waals surface area contributed by atoms with Crippen molar-refractivity contribution in [3.05, 3.63) is 11.9 Å². The summed E-state index contributed by atoms with van der Waals surface area (Å²) in [7, 11) is 1.86. The van der Waals surface area contributed by atoms with Gasteiger partial charge in [-0.15, -0.1) is 5.10 Å². The summed E-state index contributed by atoms with van der Waals surface area (Å²) in [5.41, 5.74) is -0.107. The molecule has 0 saturated heterocycles. The Labute approximate surface area is 127 Å². The third kappa shape index (κ3) is 3.15. The molecule has 2 aromatic rings. The van der Waals surface area contributed by atoms with E-state index in [1.54, 1.807) is 0 Å². The van der Waals surface area contributed by atoms with Crippen LogP contribution < -0.4 is 5.32 Å². The van der Waals surface area contributed by atoms with Crippen molar-refractivity contribution in [3.8, 4) is 0 Å². The Morgan fingerprint density at radius 2 is 2.05 bits per heavy atom. The fourth-order valence-corrected chi connectivity index (χ4v) is 2.68. The van der Waals surface area contributed by atoms with Crippen LogP contribution in [0.25, 0.3) is 0 Å². The van der Waals surface area contributed by atoms with E-state index in [1.807, 2.05) is 17.8 Å². The average molecular weight is 305 g/mol. The van der Waals surface area contributed by atoms with Crippen LogP contribution in [-0.2, 0) is 5.41 Å². The molecule has 2 heterocycles. The van der Waals surface area contributed by atoms with Crippen molar-refractivity contribution in [3.63, 3.8) is 0 Å². The zero-order chi connectivity index (χ0) is 15.0. The second-order valence-corrected chi connectivity index (χ2v) is 7.14. The van der Waals surface area contributed by atoms with Gasteiger partial charge in [0.05, 0.1) is 6.04 Å². The molecule has 7 nitrogen and oxygen atoms in total. The fraction of sp³-hybridized carbons (Fsp3) is 0.615. The second kappa shape index (κ2) is 5.25. The highest BCUT2D eigenvalue weighted by Gasteiger charge is 2.28. The summed E-state index contributed by atoms with van der Waals surface area (Å²) in [6.07, 6.45) is 2.30. The number of rotatable bonds is 4. The summed E-state index contributed by atoms with van der Waals surface area (Å²) in [6.45, 7) is 6.30. The molecule has 21 heavy (non-hydrogen) atoms. The van der Waals surface area contributed by atoms with E-state index < -0.39 is 0 Å². The number of anilines is 1. The van der Waals surface area contributed by atoms with Gasteiger partial charge in [0.1, 0.15) is 16.7 Å². The van der Waals surface area contributed by atoms with Gasteiger partial charge in [-0.3, -0.25) is 0 Å².